The highest BCUT2D eigenvalue weighted by Gasteiger charge is 2.34. The van der Waals surface area contributed by atoms with Crippen molar-refractivity contribution in [1.82, 2.24) is 10.3 Å². The van der Waals surface area contributed by atoms with E-state index in [0.717, 1.165) is 6.07 Å². The molecular weight excluding hydrogens is 489 g/mol. The van der Waals surface area contributed by atoms with Crippen LogP contribution in [0.1, 0.15) is 51.3 Å². The molecule has 0 unspecified atom stereocenters. The molecule has 0 saturated carbocycles. The summed E-state index contributed by atoms with van der Waals surface area (Å²) in [5.41, 5.74) is 4.83. The number of nitrogens with one attached hydrogen (secondary N) is 3. The van der Waals surface area contributed by atoms with Crippen LogP contribution in [0.4, 0.5) is 23.7 Å². The standard InChI is InChI=1S/C25H31F3N6O3/c1-7-37-20-11-21(35)31-13-18(20)22(30-6)32-14(2)15(3)33-23(36)34-17-9-8-16(12-24(4,5)29)19(10-17)25(26,27)28/h8-11,13H,6-7,12,29H2,1-5H3,(H,31,35)(H2,33,34,36)/b15-14+,32-22-. The number of anilines is 1. The van der Waals surface area contributed by atoms with Crippen molar-refractivity contribution in [3.05, 3.63) is 68.9 Å². The maximum atomic E-state index is 13.6. The lowest BCUT2D eigenvalue weighted by molar-refractivity contribution is -0.138. The number of ether oxygens (including phenoxy) is 1. The summed E-state index contributed by atoms with van der Waals surface area (Å²) in [6.45, 7) is 12.0. The highest BCUT2D eigenvalue weighted by molar-refractivity contribution is 6.04. The number of aromatic nitrogens is 1. The fourth-order valence-electron chi connectivity index (χ4n) is 3.31. The second-order valence-corrected chi connectivity index (χ2v) is 8.93. The maximum absolute atomic E-state index is 13.6. The Morgan fingerprint density at radius 1 is 1.22 bits per heavy atom. The molecule has 0 aliphatic heterocycles. The van der Waals surface area contributed by atoms with Gasteiger partial charge in [-0.05, 0) is 65.5 Å². The minimum absolute atomic E-state index is 0.00729. The van der Waals surface area contributed by atoms with Crippen LogP contribution in [0.15, 0.2) is 56.6 Å². The van der Waals surface area contributed by atoms with E-state index in [1.54, 1.807) is 34.6 Å². The number of hydrogen-bond acceptors (Lipinski definition) is 5. The summed E-state index contributed by atoms with van der Waals surface area (Å²) in [5.74, 6) is 0.391. The van der Waals surface area contributed by atoms with Gasteiger partial charge in [-0.25, -0.2) is 14.8 Å². The van der Waals surface area contributed by atoms with Gasteiger partial charge in [0.1, 0.15) is 5.75 Å². The lowest BCUT2D eigenvalue weighted by atomic mass is 9.92. The van der Waals surface area contributed by atoms with Crippen LogP contribution >= 0.6 is 0 Å². The van der Waals surface area contributed by atoms with E-state index in [-0.39, 0.29) is 34.8 Å². The number of H-pyrrole nitrogens is 1. The molecule has 0 aliphatic carbocycles. The van der Waals surface area contributed by atoms with E-state index in [1.165, 1.54) is 24.4 Å². The normalized spacial score (nSPS) is 13.1. The molecule has 2 amide bonds. The first-order valence-electron chi connectivity index (χ1n) is 11.3. The Labute approximate surface area is 212 Å². The SMILES string of the molecule is C=N/C(=N\C(C)=C(/C)NC(=O)Nc1ccc(CC(C)(C)N)c(C(F)(F)F)c1)c1c[nH]c(=O)cc1OCC. The predicted molar refractivity (Wildman–Crippen MR) is 138 cm³/mol. The van der Waals surface area contributed by atoms with Gasteiger partial charge >= 0.3 is 12.2 Å². The number of benzene rings is 1. The largest absolute Gasteiger partial charge is 0.493 e. The molecule has 0 fully saturated rings. The monoisotopic (exact) mass is 520 g/mol. The van der Waals surface area contributed by atoms with Gasteiger partial charge in [-0.2, -0.15) is 13.2 Å². The number of carbonyl (C=O) groups excluding carboxylic acids is 1. The summed E-state index contributed by atoms with van der Waals surface area (Å²) in [5, 5.41) is 4.94. The van der Waals surface area contributed by atoms with E-state index in [0.29, 0.717) is 23.6 Å². The van der Waals surface area contributed by atoms with Crippen molar-refractivity contribution in [2.75, 3.05) is 11.9 Å². The summed E-state index contributed by atoms with van der Waals surface area (Å²) in [6, 6.07) is 4.04. The van der Waals surface area contributed by atoms with Gasteiger partial charge in [0.15, 0.2) is 5.84 Å². The Bertz CT molecular complexity index is 1270. The molecule has 1 aromatic heterocycles. The van der Waals surface area contributed by atoms with Crippen molar-refractivity contribution in [3.63, 3.8) is 0 Å². The van der Waals surface area contributed by atoms with Crippen LogP contribution in [-0.2, 0) is 12.6 Å². The van der Waals surface area contributed by atoms with E-state index >= 15 is 0 Å². The number of rotatable bonds is 8. The van der Waals surface area contributed by atoms with E-state index in [9.17, 15) is 22.8 Å². The van der Waals surface area contributed by atoms with Gasteiger partial charge in [0.2, 0.25) is 0 Å². The van der Waals surface area contributed by atoms with E-state index in [2.05, 4.69) is 32.3 Å². The number of pyridine rings is 1. The zero-order valence-electron chi connectivity index (χ0n) is 21.3. The topological polar surface area (TPSA) is 134 Å². The van der Waals surface area contributed by atoms with Gasteiger partial charge in [-0.1, -0.05) is 6.07 Å². The summed E-state index contributed by atoms with van der Waals surface area (Å²) >= 11 is 0. The molecule has 0 atom stereocenters. The Hall–Kier alpha value is -3.93. The number of halogens is 3. The molecule has 0 saturated heterocycles. The number of hydrogen-bond donors (Lipinski definition) is 4. The molecule has 0 radical (unpaired) electrons. The van der Waals surface area contributed by atoms with Gasteiger partial charge in [-0.15, -0.1) is 0 Å². The zero-order chi connectivity index (χ0) is 28.0. The minimum Gasteiger partial charge on any atom is -0.493 e. The number of allylic oxidation sites excluding steroid dienone is 2. The molecule has 200 valence electrons. The molecular formula is C25H31F3N6O3. The molecule has 0 bridgehead atoms. The lowest BCUT2D eigenvalue weighted by Crippen LogP contribution is -2.35. The molecule has 9 nitrogen and oxygen atoms in total. The van der Waals surface area contributed by atoms with Crippen molar-refractivity contribution >= 4 is 24.3 Å². The molecule has 0 spiro atoms. The molecule has 0 aliphatic rings. The molecule has 2 rings (SSSR count). The van der Waals surface area contributed by atoms with Crippen LogP contribution in [0.25, 0.3) is 0 Å². The van der Waals surface area contributed by atoms with Gasteiger partial charge in [0.25, 0.3) is 5.56 Å². The summed E-state index contributed by atoms with van der Waals surface area (Å²) in [6.07, 6.45) is -3.23. The fraction of sp³-hybridized carbons (Fsp3) is 0.360. The van der Waals surface area contributed by atoms with E-state index in [1.807, 2.05) is 0 Å². The highest BCUT2D eigenvalue weighted by Crippen LogP contribution is 2.35. The lowest BCUT2D eigenvalue weighted by Gasteiger charge is -2.22. The first kappa shape index (κ1) is 29.3. The Morgan fingerprint density at radius 3 is 2.46 bits per heavy atom. The third-order valence-electron chi connectivity index (χ3n) is 5.01. The van der Waals surface area contributed by atoms with Crippen LogP contribution < -0.4 is 26.7 Å². The average Bonchev–Trinajstić information content (AvgIpc) is 2.77. The number of alkyl halides is 3. The van der Waals surface area contributed by atoms with Crippen LogP contribution in [0.5, 0.6) is 5.75 Å². The van der Waals surface area contributed by atoms with Gasteiger partial charge in [-0.3, -0.25) is 4.79 Å². The fourth-order valence-corrected chi connectivity index (χ4v) is 3.31. The highest BCUT2D eigenvalue weighted by atomic mass is 19.4. The van der Waals surface area contributed by atoms with Crippen LogP contribution in [-0.4, -0.2) is 35.7 Å². The van der Waals surface area contributed by atoms with Crippen LogP contribution in [0.3, 0.4) is 0 Å². The maximum Gasteiger partial charge on any atom is 0.416 e. The third-order valence-corrected chi connectivity index (χ3v) is 5.01. The van der Waals surface area contributed by atoms with E-state index < -0.39 is 23.3 Å². The zero-order valence-corrected chi connectivity index (χ0v) is 21.3. The van der Waals surface area contributed by atoms with Crippen molar-refractivity contribution in [3.8, 4) is 5.75 Å². The van der Waals surface area contributed by atoms with Crippen molar-refractivity contribution in [2.24, 2.45) is 15.7 Å². The molecule has 2 aromatic rings. The minimum atomic E-state index is -4.62. The molecule has 1 heterocycles. The van der Waals surface area contributed by atoms with Gasteiger partial charge < -0.3 is 26.1 Å². The molecule has 5 N–H and O–H groups in total. The average molecular weight is 521 g/mol. The summed E-state index contributed by atoms with van der Waals surface area (Å²) in [7, 11) is 0. The number of aromatic amines is 1. The predicted octanol–water partition coefficient (Wildman–Crippen LogP) is 4.59. The quantitative estimate of drug-likeness (QED) is 0.299. The van der Waals surface area contributed by atoms with Crippen molar-refractivity contribution in [1.29, 1.82) is 0 Å². The number of urea groups is 1. The smallest absolute Gasteiger partial charge is 0.416 e. The number of amides is 2. The van der Waals surface area contributed by atoms with Crippen molar-refractivity contribution in [2.45, 2.75) is 52.8 Å². The Kier molecular flexibility index (Phi) is 9.40. The van der Waals surface area contributed by atoms with Crippen molar-refractivity contribution < 1.29 is 22.7 Å². The van der Waals surface area contributed by atoms with Gasteiger partial charge in [0.05, 0.1) is 23.4 Å². The molecule has 37 heavy (non-hydrogen) atoms. The number of nitrogens with zero attached hydrogens (tertiary/aromatic N) is 2. The third kappa shape index (κ3) is 8.60. The molecule has 12 heteroatoms. The summed E-state index contributed by atoms with van der Waals surface area (Å²) in [4.78, 5) is 34.9. The Morgan fingerprint density at radius 2 is 1.89 bits per heavy atom. The number of nitrogens with two attached hydrogens (primary N) is 1. The Balaban J connectivity index is 2.28. The number of amidine groups is 1. The number of aliphatic imine (C=N–C) groups is 2. The molecule has 1 aromatic carbocycles. The van der Waals surface area contributed by atoms with Gasteiger partial charge in [0, 0.05) is 29.2 Å². The number of carbonyl (C=O) groups is 1. The second kappa shape index (κ2) is 11.9. The van der Waals surface area contributed by atoms with Crippen LogP contribution in [0.2, 0.25) is 0 Å². The van der Waals surface area contributed by atoms with Crippen LogP contribution in [0, 0.1) is 0 Å². The second-order valence-electron chi connectivity index (χ2n) is 8.93. The first-order valence-corrected chi connectivity index (χ1v) is 11.3. The summed E-state index contributed by atoms with van der Waals surface area (Å²) < 4.78 is 46.3. The van der Waals surface area contributed by atoms with E-state index in [4.69, 9.17) is 10.5 Å². The first-order chi connectivity index (χ1) is 17.1.